The fourth-order valence-electron chi connectivity index (χ4n) is 1.87. The van der Waals surface area contributed by atoms with Crippen LogP contribution in [0.2, 0.25) is 0 Å². The van der Waals surface area contributed by atoms with Gasteiger partial charge in [-0.3, -0.25) is 9.59 Å². The molecule has 1 aromatic rings. The Morgan fingerprint density at radius 2 is 1.83 bits per heavy atom. The topological polar surface area (TPSA) is 49.4 Å². The summed E-state index contributed by atoms with van der Waals surface area (Å²) in [5, 5.41) is 2.57. The number of amides is 2. The van der Waals surface area contributed by atoms with Crippen LogP contribution in [0.3, 0.4) is 0 Å². The van der Waals surface area contributed by atoms with Crippen molar-refractivity contribution in [2.45, 2.75) is 32.6 Å². The van der Waals surface area contributed by atoms with Crippen molar-refractivity contribution in [3.63, 3.8) is 0 Å². The highest BCUT2D eigenvalue weighted by molar-refractivity contribution is 5.94. The molecule has 0 spiro atoms. The Kier molecular flexibility index (Phi) is 6.36. The Morgan fingerprint density at radius 3 is 2.26 bits per heavy atom. The molecule has 7 heteroatoms. The van der Waals surface area contributed by atoms with Crippen LogP contribution in [0.1, 0.15) is 29.8 Å². The molecular weight excluding hydrogens is 309 g/mol. The predicted octanol–water partition coefficient (Wildman–Crippen LogP) is 2.90. The van der Waals surface area contributed by atoms with Gasteiger partial charge in [-0.05, 0) is 37.6 Å². The lowest BCUT2D eigenvalue weighted by Crippen LogP contribution is -2.43. The minimum atomic E-state index is -4.45. The van der Waals surface area contributed by atoms with Gasteiger partial charge in [0.1, 0.15) is 6.54 Å². The molecule has 2 amide bonds. The number of hydrogen-bond acceptors (Lipinski definition) is 2. The van der Waals surface area contributed by atoms with Crippen molar-refractivity contribution in [3.05, 3.63) is 48.0 Å². The summed E-state index contributed by atoms with van der Waals surface area (Å²) in [5.74, 6) is -1.01. The molecule has 0 radical (unpaired) electrons. The predicted molar refractivity (Wildman–Crippen MR) is 80.7 cm³/mol. The molecule has 0 atom stereocenters. The highest BCUT2D eigenvalue weighted by atomic mass is 19.4. The van der Waals surface area contributed by atoms with Gasteiger partial charge in [-0.1, -0.05) is 18.7 Å². The van der Waals surface area contributed by atoms with E-state index in [1.807, 2.05) is 0 Å². The normalized spacial score (nSPS) is 11.2. The molecule has 126 valence electrons. The first-order chi connectivity index (χ1) is 10.6. The van der Waals surface area contributed by atoms with Gasteiger partial charge < -0.3 is 10.2 Å². The minimum Gasteiger partial charge on any atom is -0.348 e. The molecule has 1 rings (SSSR count). The molecule has 0 saturated heterocycles. The van der Waals surface area contributed by atoms with E-state index in [1.165, 1.54) is 26.0 Å². The number of carbonyl (C=O) groups is 2. The second-order valence-electron chi connectivity index (χ2n) is 5.26. The summed E-state index contributed by atoms with van der Waals surface area (Å²) >= 11 is 0. The lowest BCUT2D eigenvalue weighted by Gasteiger charge is -2.27. The molecule has 4 nitrogen and oxygen atoms in total. The molecule has 1 aromatic carbocycles. The third kappa shape index (κ3) is 6.14. The van der Waals surface area contributed by atoms with Gasteiger partial charge in [0.05, 0.1) is 0 Å². The van der Waals surface area contributed by atoms with Gasteiger partial charge in [-0.2, -0.15) is 13.2 Å². The van der Waals surface area contributed by atoms with Gasteiger partial charge in [0.15, 0.2) is 0 Å². The van der Waals surface area contributed by atoms with Crippen molar-refractivity contribution >= 4 is 11.8 Å². The lowest BCUT2D eigenvalue weighted by atomic mass is 10.1. The van der Waals surface area contributed by atoms with E-state index >= 15 is 0 Å². The Hall–Kier alpha value is -2.31. The summed E-state index contributed by atoms with van der Waals surface area (Å²) in [7, 11) is 0. The van der Waals surface area contributed by atoms with E-state index in [1.54, 1.807) is 12.1 Å². The number of nitrogens with one attached hydrogen (secondary N) is 1. The van der Waals surface area contributed by atoms with Crippen LogP contribution in [0.25, 0.3) is 0 Å². The van der Waals surface area contributed by atoms with Crippen molar-refractivity contribution in [1.29, 1.82) is 0 Å². The van der Waals surface area contributed by atoms with Crippen LogP contribution < -0.4 is 5.32 Å². The first-order valence-electron chi connectivity index (χ1n) is 7.01. The molecule has 0 aliphatic rings. The monoisotopic (exact) mass is 328 g/mol. The van der Waals surface area contributed by atoms with Gasteiger partial charge in [0, 0.05) is 18.2 Å². The molecule has 0 aromatic heterocycles. The van der Waals surface area contributed by atoms with Crippen molar-refractivity contribution < 1.29 is 22.8 Å². The average molecular weight is 328 g/mol. The van der Waals surface area contributed by atoms with Crippen LogP contribution in [-0.2, 0) is 11.3 Å². The van der Waals surface area contributed by atoms with Gasteiger partial charge in [-0.25, -0.2) is 0 Å². The quantitative estimate of drug-likeness (QED) is 0.816. The molecule has 0 aliphatic carbocycles. The van der Waals surface area contributed by atoms with Crippen LogP contribution in [0, 0.1) is 0 Å². The molecule has 0 bridgehead atoms. The van der Waals surface area contributed by atoms with E-state index in [0.29, 0.717) is 0 Å². The highest BCUT2D eigenvalue weighted by Gasteiger charge is 2.34. The number of carbonyl (C=O) groups excluding carboxylic acids is 2. The molecule has 1 N–H and O–H groups in total. The lowest BCUT2D eigenvalue weighted by molar-refractivity contribution is -0.143. The van der Waals surface area contributed by atoms with E-state index in [-0.39, 0.29) is 18.0 Å². The van der Waals surface area contributed by atoms with E-state index in [2.05, 4.69) is 11.9 Å². The Balaban J connectivity index is 2.82. The fraction of sp³-hybridized carbons (Fsp3) is 0.375. The molecule has 23 heavy (non-hydrogen) atoms. The molecule has 0 fully saturated rings. The first kappa shape index (κ1) is 18.7. The third-order valence-corrected chi connectivity index (χ3v) is 3.09. The van der Waals surface area contributed by atoms with Gasteiger partial charge >= 0.3 is 6.18 Å². The molecule has 0 aliphatic heterocycles. The van der Waals surface area contributed by atoms with Crippen LogP contribution in [-0.4, -0.2) is 35.5 Å². The summed E-state index contributed by atoms with van der Waals surface area (Å²) < 4.78 is 37.7. The average Bonchev–Trinajstić information content (AvgIpc) is 2.49. The number of hydrogen-bond donors (Lipinski definition) is 1. The van der Waals surface area contributed by atoms with E-state index in [0.717, 1.165) is 16.5 Å². The Bertz CT molecular complexity index is 566. The third-order valence-electron chi connectivity index (χ3n) is 3.09. The van der Waals surface area contributed by atoms with Crippen molar-refractivity contribution in [2.24, 2.45) is 0 Å². The van der Waals surface area contributed by atoms with Gasteiger partial charge in [-0.15, -0.1) is 0 Å². The number of nitrogens with zero attached hydrogens (tertiary/aromatic N) is 1. The van der Waals surface area contributed by atoms with Crippen molar-refractivity contribution in [2.75, 3.05) is 6.54 Å². The van der Waals surface area contributed by atoms with Crippen LogP contribution >= 0.6 is 0 Å². The SMILES string of the molecule is C=CC(=O)NCc1ccc(C(=O)N(CC(F)(F)F)C(C)C)cc1. The Morgan fingerprint density at radius 1 is 1.26 bits per heavy atom. The van der Waals surface area contributed by atoms with E-state index in [4.69, 9.17) is 0 Å². The first-order valence-corrected chi connectivity index (χ1v) is 7.01. The van der Waals surface area contributed by atoms with Crippen molar-refractivity contribution in [1.82, 2.24) is 10.2 Å². The number of alkyl halides is 3. The number of halogens is 3. The standard InChI is InChI=1S/C16H19F3N2O2/c1-4-14(22)20-9-12-5-7-13(8-6-12)15(23)21(11(2)3)10-16(17,18)19/h4-8,11H,1,9-10H2,2-3H3,(H,20,22). The summed E-state index contributed by atoms with van der Waals surface area (Å²) in [4.78, 5) is 24.1. The van der Waals surface area contributed by atoms with Crippen LogP contribution in [0.4, 0.5) is 13.2 Å². The zero-order valence-corrected chi connectivity index (χ0v) is 13.0. The molecule has 0 heterocycles. The second-order valence-corrected chi connectivity index (χ2v) is 5.26. The summed E-state index contributed by atoms with van der Waals surface area (Å²) in [6, 6.07) is 5.49. The van der Waals surface area contributed by atoms with Gasteiger partial charge in [0.2, 0.25) is 5.91 Å². The molecule has 0 saturated carbocycles. The number of rotatable bonds is 6. The van der Waals surface area contributed by atoms with Crippen LogP contribution in [0.15, 0.2) is 36.9 Å². The minimum absolute atomic E-state index is 0.168. The van der Waals surface area contributed by atoms with Crippen LogP contribution in [0.5, 0.6) is 0 Å². The zero-order chi connectivity index (χ0) is 17.6. The maximum Gasteiger partial charge on any atom is 0.406 e. The summed E-state index contributed by atoms with van der Waals surface area (Å²) in [5.41, 5.74) is 0.894. The summed E-state index contributed by atoms with van der Waals surface area (Å²) in [6.07, 6.45) is -3.32. The maximum absolute atomic E-state index is 12.6. The maximum atomic E-state index is 12.6. The smallest absolute Gasteiger partial charge is 0.348 e. The number of benzene rings is 1. The Labute approximate surface area is 133 Å². The highest BCUT2D eigenvalue weighted by Crippen LogP contribution is 2.20. The van der Waals surface area contributed by atoms with E-state index in [9.17, 15) is 22.8 Å². The molecule has 0 unspecified atom stereocenters. The van der Waals surface area contributed by atoms with E-state index < -0.39 is 24.7 Å². The summed E-state index contributed by atoms with van der Waals surface area (Å²) in [6.45, 7) is 5.34. The second kappa shape index (κ2) is 7.80. The molecular formula is C16H19F3N2O2. The fourth-order valence-corrected chi connectivity index (χ4v) is 1.87. The van der Waals surface area contributed by atoms with Crippen molar-refractivity contribution in [3.8, 4) is 0 Å². The largest absolute Gasteiger partial charge is 0.406 e. The zero-order valence-electron chi connectivity index (χ0n) is 13.0. The van der Waals surface area contributed by atoms with Gasteiger partial charge in [0.25, 0.3) is 5.91 Å².